The molecule has 0 fully saturated rings. The van der Waals surface area contributed by atoms with Crippen LogP contribution >= 0.6 is 0 Å². The summed E-state index contributed by atoms with van der Waals surface area (Å²) in [6.07, 6.45) is -8.83. The van der Waals surface area contributed by atoms with Crippen molar-refractivity contribution < 1.29 is 31.1 Å². The highest BCUT2D eigenvalue weighted by molar-refractivity contribution is 6.03. The van der Waals surface area contributed by atoms with Crippen molar-refractivity contribution in [2.75, 3.05) is 5.32 Å². The first-order chi connectivity index (χ1) is 14.4. The number of carbonyl (C=O) groups is 1. The van der Waals surface area contributed by atoms with Gasteiger partial charge < -0.3 is 9.88 Å². The molecule has 10 heteroatoms. The van der Waals surface area contributed by atoms with Crippen molar-refractivity contribution in [2.45, 2.75) is 18.9 Å². The van der Waals surface area contributed by atoms with Crippen LogP contribution in [0, 0.1) is 0 Å². The van der Waals surface area contributed by atoms with Gasteiger partial charge in [-0.15, -0.1) is 0 Å². The lowest BCUT2D eigenvalue weighted by Gasteiger charge is -2.15. The van der Waals surface area contributed by atoms with Crippen molar-refractivity contribution in [1.29, 1.82) is 0 Å². The fourth-order valence-electron chi connectivity index (χ4n) is 2.86. The van der Waals surface area contributed by atoms with Crippen LogP contribution in [0.3, 0.4) is 0 Å². The lowest BCUT2D eigenvalue weighted by molar-refractivity contribution is -0.143. The Balaban J connectivity index is 1.96. The number of nitrogens with zero attached hydrogens (tertiary/aromatic N) is 1. The largest absolute Gasteiger partial charge is 0.416 e. The molecule has 0 spiro atoms. The van der Waals surface area contributed by atoms with E-state index in [1.165, 1.54) is 18.3 Å². The van der Waals surface area contributed by atoms with Crippen molar-refractivity contribution in [2.24, 2.45) is 0 Å². The minimum absolute atomic E-state index is 0.00992. The summed E-state index contributed by atoms with van der Waals surface area (Å²) in [5.41, 5.74) is -4.11. The van der Waals surface area contributed by atoms with Gasteiger partial charge >= 0.3 is 12.4 Å². The molecule has 31 heavy (non-hydrogen) atoms. The summed E-state index contributed by atoms with van der Waals surface area (Å²) in [6, 6.07) is 11.8. The molecule has 0 radical (unpaired) electrons. The van der Waals surface area contributed by atoms with Crippen molar-refractivity contribution in [3.05, 3.63) is 99.5 Å². The number of nitrogens with one attached hydrogen (secondary N) is 1. The van der Waals surface area contributed by atoms with E-state index in [0.717, 1.165) is 4.57 Å². The molecule has 0 saturated carbocycles. The molecule has 162 valence electrons. The van der Waals surface area contributed by atoms with Crippen LogP contribution in [0.1, 0.15) is 27.0 Å². The number of carbonyl (C=O) groups excluding carboxylic acids is 1. The maximum Gasteiger partial charge on any atom is 0.416 e. The maximum atomic E-state index is 13.0. The zero-order chi connectivity index (χ0) is 22.8. The molecule has 1 aromatic heterocycles. The fraction of sp³-hybridized carbons (Fsp3) is 0.143. The van der Waals surface area contributed by atoms with Gasteiger partial charge in [-0.3, -0.25) is 9.59 Å². The minimum Gasteiger partial charge on any atom is -0.322 e. The van der Waals surface area contributed by atoms with Crippen molar-refractivity contribution in [3.8, 4) is 0 Å². The van der Waals surface area contributed by atoms with Crippen LogP contribution in [-0.2, 0) is 18.9 Å². The smallest absolute Gasteiger partial charge is 0.322 e. The SMILES string of the molecule is O=C(Nc1ccccc1)c1cccn(Cc2cc(C(F)(F)F)cc(C(F)(F)F)c2)c1=O. The summed E-state index contributed by atoms with van der Waals surface area (Å²) in [5, 5.41) is 2.50. The molecule has 0 aliphatic rings. The monoisotopic (exact) mass is 440 g/mol. The van der Waals surface area contributed by atoms with E-state index < -0.39 is 41.5 Å². The third-order valence-corrected chi connectivity index (χ3v) is 4.30. The molecule has 4 nitrogen and oxygen atoms in total. The van der Waals surface area contributed by atoms with E-state index in [2.05, 4.69) is 5.32 Å². The number of hydrogen-bond acceptors (Lipinski definition) is 2. The molecule has 0 bridgehead atoms. The second-order valence-corrected chi connectivity index (χ2v) is 6.59. The van der Waals surface area contributed by atoms with E-state index in [1.807, 2.05) is 0 Å². The number of pyridine rings is 1. The molecule has 0 atom stereocenters. The summed E-state index contributed by atoms with van der Waals surface area (Å²) in [4.78, 5) is 25.0. The Kier molecular flexibility index (Phi) is 5.92. The van der Waals surface area contributed by atoms with Crippen LogP contribution in [0.4, 0.5) is 32.0 Å². The van der Waals surface area contributed by atoms with E-state index >= 15 is 0 Å². The highest BCUT2D eigenvalue weighted by Gasteiger charge is 2.36. The number of amides is 1. The summed E-state index contributed by atoms with van der Waals surface area (Å²) >= 11 is 0. The number of rotatable bonds is 4. The van der Waals surface area contributed by atoms with Gasteiger partial charge in [-0.25, -0.2) is 0 Å². The highest BCUT2D eigenvalue weighted by Crippen LogP contribution is 2.36. The van der Waals surface area contributed by atoms with Gasteiger partial charge in [0.05, 0.1) is 17.7 Å². The lowest BCUT2D eigenvalue weighted by Crippen LogP contribution is -2.29. The first-order valence-corrected chi connectivity index (χ1v) is 8.79. The number of hydrogen-bond donors (Lipinski definition) is 1. The average Bonchev–Trinajstić information content (AvgIpc) is 2.69. The van der Waals surface area contributed by atoms with Gasteiger partial charge in [0.15, 0.2) is 0 Å². The molecule has 0 saturated heterocycles. The highest BCUT2D eigenvalue weighted by atomic mass is 19.4. The van der Waals surface area contributed by atoms with Crippen LogP contribution in [0.2, 0.25) is 0 Å². The number of benzene rings is 2. The first-order valence-electron chi connectivity index (χ1n) is 8.79. The molecule has 1 heterocycles. The van der Waals surface area contributed by atoms with E-state index in [-0.39, 0.29) is 17.2 Å². The van der Waals surface area contributed by atoms with Crippen LogP contribution in [-0.4, -0.2) is 10.5 Å². The van der Waals surface area contributed by atoms with Gasteiger partial charge in [0.1, 0.15) is 5.56 Å². The topological polar surface area (TPSA) is 51.1 Å². The number of anilines is 1. The molecule has 0 unspecified atom stereocenters. The van der Waals surface area contributed by atoms with Gasteiger partial charge in [-0.05, 0) is 48.0 Å². The molecule has 2 aromatic carbocycles. The van der Waals surface area contributed by atoms with Gasteiger partial charge in [-0.2, -0.15) is 26.3 Å². The average molecular weight is 440 g/mol. The number of aromatic nitrogens is 1. The Morgan fingerprint density at radius 1 is 0.839 bits per heavy atom. The van der Waals surface area contributed by atoms with Crippen molar-refractivity contribution >= 4 is 11.6 Å². The quantitative estimate of drug-likeness (QED) is 0.568. The normalized spacial score (nSPS) is 11.9. The predicted molar refractivity (Wildman–Crippen MR) is 101 cm³/mol. The molecule has 3 aromatic rings. The van der Waals surface area contributed by atoms with Gasteiger partial charge in [0, 0.05) is 11.9 Å². The Labute approximate surface area is 171 Å². The van der Waals surface area contributed by atoms with Gasteiger partial charge in [0.25, 0.3) is 11.5 Å². The first kappa shape index (κ1) is 22.1. The minimum atomic E-state index is -5.00. The summed E-state index contributed by atoms with van der Waals surface area (Å²) in [5.74, 6) is -0.759. The molecule has 3 rings (SSSR count). The second kappa shape index (κ2) is 8.29. The summed E-state index contributed by atoms with van der Waals surface area (Å²) < 4.78 is 79.1. The van der Waals surface area contributed by atoms with Crippen molar-refractivity contribution in [1.82, 2.24) is 4.57 Å². The Hall–Kier alpha value is -3.56. The van der Waals surface area contributed by atoms with Crippen LogP contribution in [0.15, 0.2) is 71.7 Å². The molecule has 0 aliphatic heterocycles. The van der Waals surface area contributed by atoms with E-state index in [4.69, 9.17) is 0 Å². The third-order valence-electron chi connectivity index (χ3n) is 4.30. The zero-order valence-corrected chi connectivity index (χ0v) is 15.6. The zero-order valence-electron chi connectivity index (χ0n) is 15.6. The molecule has 1 N–H and O–H groups in total. The van der Waals surface area contributed by atoms with Gasteiger partial charge in [-0.1, -0.05) is 18.2 Å². The second-order valence-electron chi connectivity index (χ2n) is 6.59. The summed E-state index contributed by atoms with van der Waals surface area (Å²) in [7, 11) is 0. The van der Waals surface area contributed by atoms with E-state index in [0.29, 0.717) is 17.8 Å². The molecule has 1 amide bonds. The van der Waals surface area contributed by atoms with Gasteiger partial charge in [0.2, 0.25) is 0 Å². The molecular formula is C21H14F6N2O2. The number of para-hydroxylation sites is 1. The van der Waals surface area contributed by atoms with E-state index in [1.54, 1.807) is 30.3 Å². The number of halogens is 6. The third kappa shape index (κ3) is 5.33. The molecular weight excluding hydrogens is 426 g/mol. The van der Waals surface area contributed by atoms with Crippen molar-refractivity contribution in [3.63, 3.8) is 0 Å². The standard InChI is InChI=1S/C21H14F6N2O2/c22-20(23,24)14-9-13(10-15(11-14)21(25,26)27)12-29-8-4-7-17(19(29)31)18(30)28-16-5-2-1-3-6-16/h1-11H,12H2,(H,28,30). The lowest BCUT2D eigenvalue weighted by atomic mass is 10.0. The Morgan fingerprint density at radius 3 is 1.97 bits per heavy atom. The Bertz CT molecular complexity index is 1120. The summed E-state index contributed by atoms with van der Waals surface area (Å²) in [6.45, 7) is -0.585. The maximum absolute atomic E-state index is 13.0. The van der Waals surface area contributed by atoms with E-state index in [9.17, 15) is 35.9 Å². The van der Waals surface area contributed by atoms with Crippen LogP contribution < -0.4 is 10.9 Å². The van der Waals surface area contributed by atoms with Crippen LogP contribution in [0.25, 0.3) is 0 Å². The number of alkyl halides is 6. The molecule has 0 aliphatic carbocycles. The fourth-order valence-corrected chi connectivity index (χ4v) is 2.86. The predicted octanol–water partition coefficient (Wildman–Crippen LogP) is 5.19. The van der Waals surface area contributed by atoms with Crippen LogP contribution in [0.5, 0.6) is 0 Å². The Morgan fingerprint density at radius 2 is 1.42 bits per heavy atom.